The van der Waals surface area contributed by atoms with Gasteiger partial charge in [-0.05, 0) is 29.3 Å². The van der Waals surface area contributed by atoms with E-state index in [0.29, 0.717) is 10.5 Å². The van der Waals surface area contributed by atoms with Crippen LogP contribution < -0.4 is 0 Å². The van der Waals surface area contributed by atoms with E-state index in [2.05, 4.69) is 15.9 Å². The number of nitrogens with zero attached hydrogens (tertiary/aromatic N) is 1. The summed E-state index contributed by atoms with van der Waals surface area (Å²) >= 11 is 9.76. The fourth-order valence-corrected chi connectivity index (χ4v) is 4.03. The zero-order chi connectivity index (χ0) is 18.0. The first kappa shape index (κ1) is 17.8. The Morgan fingerprint density at radius 3 is 2.40 bits per heavy atom. The average molecular weight is 434 g/mol. The van der Waals surface area contributed by atoms with E-state index in [9.17, 15) is 14.7 Å². The quantitative estimate of drug-likeness (QED) is 0.568. The molecule has 1 amide bonds. The van der Waals surface area contributed by atoms with Crippen molar-refractivity contribution in [3.8, 4) is 0 Å². The standard InChI is InChI=1S/C18H12BrNO3S2/c19-13-8-6-11(7-9-13)10-14-16(21)20(18(24)25-14)15(17(22)23)12-4-2-1-3-5-12/h1-10,15H,(H,22,23)/b14-10+/t15-/m0/s1. The van der Waals surface area contributed by atoms with E-state index in [1.54, 1.807) is 36.4 Å². The summed E-state index contributed by atoms with van der Waals surface area (Å²) in [5.41, 5.74) is 1.35. The molecule has 1 heterocycles. The molecule has 0 aromatic heterocycles. The summed E-state index contributed by atoms with van der Waals surface area (Å²) in [6.45, 7) is 0. The van der Waals surface area contributed by atoms with Gasteiger partial charge in [-0.2, -0.15) is 0 Å². The van der Waals surface area contributed by atoms with Gasteiger partial charge in [0.2, 0.25) is 0 Å². The first-order valence-corrected chi connectivity index (χ1v) is 9.29. The van der Waals surface area contributed by atoms with Gasteiger partial charge in [0.05, 0.1) is 4.91 Å². The molecule has 1 atom stereocenters. The van der Waals surface area contributed by atoms with Gasteiger partial charge < -0.3 is 5.11 Å². The minimum atomic E-state index is -1.13. The highest BCUT2D eigenvalue weighted by atomic mass is 79.9. The predicted octanol–water partition coefficient (Wildman–Crippen LogP) is 4.48. The van der Waals surface area contributed by atoms with Crippen molar-refractivity contribution in [1.29, 1.82) is 0 Å². The fourth-order valence-electron chi connectivity index (χ4n) is 2.45. The highest BCUT2D eigenvalue weighted by Gasteiger charge is 2.41. The van der Waals surface area contributed by atoms with Crippen molar-refractivity contribution in [3.05, 3.63) is 75.1 Å². The monoisotopic (exact) mass is 433 g/mol. The summed E-state index contributed by atoms with van der Waals surface area (Å²) in [6, 6.07) is 15.0. The second kappa shape index (κ2) is 7.51. The van der Waals surface area contributed by atoms with E-state index < -0.39 is 17.9 Å². The second-order valence-electron chi connectivity index (χ2n) is 5.25. The molecule has 1 aliphatic heterocycles. The van der Waals surface area contributed by atoms with Crippen molar-refractivity contribution in [1.82, 2.24) is 4.90 Å². The molecule has 0 radical (unpaired) electrons. The van der Waals surface area contributed by atoms with Crippen LogP contribution in [0.15, 0.2) is 64.0 Å². The maximum Gasteiger partial charge on any atom is 0.331 e. The lowest BCUT2D eigenvalue weighted by atomic mass is 10.1. The molecule has 1 N–H and O–H groups in total. The molecule has 2 aromatic rings. The predicted molar refractivity (Wildman–Crippen MR) is 106 cm³/mol. The molecule has 1 aliphatic rings. The lowest BCUT2D eigenvalue weighted by Crippen LogP contribution is -2.37. The number of hydrogen-bond acceptors (Lipinski definition) is 4. The summed E-state index contributed by atoms with van der Waals surface area (Å²) in [7, 11) is 0. The van der Waals surface area contributed by atoms with Crippen LogP contribution in [-0.4, -0.2) is 26.2 Å². The zero-order valence-electron chi connectivity index (χ0n) is 12.8. The van der Waals surface area contributed by atoms with Gasteiger partial charge in [0, 0.05) is 4.47 Å². The Labute approximate surface area is 162 Å². The number of carboxylic acid groups (broad SMARTS) is 1. The van der Waals surface area contributed by atoms with Gasteiger partial charge in [-0.1, -0.05) is 82.4 Å². The van der Waals surface area contributed by atoms with Crippen LogP contribution in [0, 0.1) is 0 Å². The molecule has 4 nitrogen and oxygen atoms in total. The molecule has 0 bridgehead atoms. The number of hydrogen-bond donors (Lipinski definition) is 1. The number of carboxylic acids is 1. The molecule has 0 unspecified atom stereocenters. The zero-order valence-corrected chi connectivity index (χ0v) is 16.0. The molecule has 1 fully saturated rings. The van der Waals surface area contributed by atoms with Gasteiger partial charge >= 0.3 is 5.97 Å². The van der Waals surface area contributed by atoms with Crippen molar-refractivity contribution in [3.63, 3.8) is 0 Å². The largest absolute Gasteiger partial charge is 0.479 e. The summed E-state index contributed by atoms with van der Waals surface area (Å²) in [6.07, 6.45) is 1.72. The van der Waals surface area contributed by atoms with Crippen LogP contribution in [-0.2, 0) is 9.59 Å². The fraction of sp³-hybridized carbons (Fsp3) is 0.0556. The van der Waals surface area contributed by atoms with Crippen LogP contribution >= 0.6 is 39.9 Å². The summed E-state index contributed by atoms with van der Waals surface area (Å²) in [5.74, 6) is -1.51. The Hall–Kier alpha value is -1.96. The number of carbonyl (C=O) groups excluding carboxylic acids is 1. The van der Waals surface area contributed by atoms with Crippen LogP contribution in [0.2, 0.25) is 0 Å². The van der Waals surface area contributed by atoms with Gasteiger partial charge in [0.1, 0.15) is 4.32 Å². The highest BCUT2D eigenvalue weighted by molar-refractivity contribution is 9.10. The smallest absolute Gasteiger partial charge is 0.331 e. The Kier molecular flexibility index (Phi) is 5.36. The maximum absolute atomic E-state index is 12.8. The van der Waals surface area contributed by atoms with E-state index >= 15 is 0 Å². The van der Waals surface area contributed by atoms with Crippen molar-refractivity contribution >= 4 is 62.2 Å². The van der Waals surface area contributed by atoms with E-state index in [0.717, 1.165) is 21.8 Å². The third-order valence-corrected chi connectivity index (χ3v) is 5.46. The highest BCUT2D eigenvalue weighted by Crippen LogP contribution is 2.38. The van der Waals surface area contributed by atoms with Crippen LogP contribution in [0.25, 0.3) is 6.08 Å². The van der Waals surface area contributed by atoms with Crippen LogP contribution in [0.3, 0.4) is 0 Å². The Bertz CT molecular complexity index is 866. The Morgan fingerprint density at radius 2 is 1.80 bits per heavy atom. The van der Waals surface area contributed by atoms with Crippen molar-refractivity contribution in [2.75, 3.05) is 0 Å². The molecular formula is C18H12BrNO3S2. The number of aliphatic carboxylic acids is 1. The molecule has 0 saturated carbocycles. The summed E-state index contributed by atoms with van der Waals surface area (Å²) in [5, 5.41) is 9.64. The van der Waals surface area contributed by atoms with Crippen LogP contribution in [0.1, 0.15) is 17.2 Å². The normalized spacial score (nSPS) is 17.2. The molecule has 126 valence electrons. The van der Waals surface area contributed by atoms with Gasteiger partial charge in [-0.25, -0.2) is 4.79 Å². The van der Waals surface area contributed by atoms with E-state index in [4.69, 9.17) is 12.2 Å². The number of carbonyl (C=O) groups is 2. The minimum absolute atomic E-state index is 0.240. The Morgan fingerprint density at radius 1 is 1.16 bits per heavy atom. The van der Waals surface area contributed by atoms with Gasteiger partial charge in [-0.3, -0.25) is 9.69 Å². The molecule has 7 heteroatoms. The number of halogens is 1. The Balaban J connectivity index is 1.95. The maximum atomic E-state index is 12.8. The molecule has 3 rings (SSSR count). The van der Waals surface area contributed by atoms with Crippen molar-refractivity contribution in [2.45, 2.75) is 6.04 Å². The molecule has 1 saturated heterocycles. The van der Waals surface area contributed by atoms with E-state index in [1.165, 1.54) is 4.90 Å². The second-order valence-corrected chi connectivity index (χ2v) is 7.85. The molecule has 25 heavy (non-hydrogen) atoms. The number of rotatable bonds is 4. The average Bonchev–Trinajstić information content (AvgIpc) is 2.86. The molecule has 2 aromatic carbocycles. The number of thioether (sulfide) groups is 1. The number of thiocarbonyl (C=S) groups is 1. The van der Waals surface area contributed by atoms with Crippen LogP contribution in [0.4, 0.5) is 0 Å². The van der Waals surface area contributed by atoms with Gasteiger partial charge in [0.15, 0.2) is 6.04 Å². The third kappa shape index (κ3) is 3.84. The third-order valence-electron chi connectivity index (χ3n) is 3.60. The summed E-state index contributed by atoms with van der Waals surface area (Å²) < 4.78 is 1.18. The molecular weight excluding hydrogens is 422 g/mol. The first-order chi connectivity index (χ1) is 12.0. The van der Waals surface area contributed by atoms with Gasteiger partial charge in [0.25, 0.3) is 5.91 Å². The number of benzene rings is 2. The first-order valence-electron chi connectivity index (χ1n) is 7.28. The van der Waals surface area contributed by atoms with E-state index in [1.807, 2.05) is 24.3 Å². The minimum Gasteiger partial charge on any atom is -0.479 e. The van der Waals surface area contributed by atoms with Gasteiger partial charge in [-0.15, -0.1) is 0 Å². The molecule has 0 spiro atoms. The SMILES string of the molecule is O=C(O)[C@H](c1ccccc1)N1C(=O)/C(=C\c2ccc(Br)cc2)SC1=S. The molecule has 0 aliphatic carbocycles. The number of amides is 1. The van der Waals surface area contributed by atoms with Crippen molar-refractivity contribution in [2.24, 2.45) is 0 Å². The van der Waals surface area contributed by atoms with E-state index in [-0.39, 0.29) is 4.32 Å². The lowest BCUT2D eigenvalue weighted by molar-refractivity contribution is -0.145. The summed E-state index contributed by atoms with van der Waals surface area (Å²) in [4.78, 5) is 26.2. The lowest BCUT2D eigenvalue weighted by Gasteiger charge is -2.23. The topological polar surface area (TPSA) is 57.6 Å². The van der Waals surface area contributed by atoms with Crippen LogP contribution in [0.5, 0.6) is 0 Å². The van der Waals surface area contributed by atoms with Crippen molar-refractivity contribution < 1.29 is 14.7 Å².